The third-order valence-electron chi connectivity index (χ3n) is 4.32. The number of carboxylic acids is 1. The predicted octanol–water partition coefficient (Wildman–Crippen LogP) is 2.01. The molecule has 0 saturated heterocycles. The Morgan fingerprint density at radius 3 is 2.54 bits per heavy atom. The van der Waals surface area contributed by atoms with Crippen LogP contribution in [0.1, 0.15) is 27.3 Å². The first-order valence-electron chi connectivity index (χ1n) is 8.25. The summed E-state index contributed by atoms with van der Waals surface area (Å²) in [6.07, 6.45) is 0.211. The summed E-state index contributed by atoms with van der Waals surface area (Å²) in [4.78, 5) is 28.7. The van der Waals surface area contributed by atoms with Gasteiger partial charge in [0, 0.05) is 18.9 Å². The number of aromatic nitrogens is 3. The second kappa shape index (κ2) is 6.95. The number of amides is 1. The maximum absolute atomic E-state index is 12.7. The molecule has 0 aliphatic heterocycles. The molecule has 0 aliphatic carbocycles. The number of carboxylic acid groups (broad SMARTS) is 1. The van der Waals surface area contributed by atoms with Gasteiger partial charge >= 0.3 is 5.97 Å². The molecule has 0 aliphatic rings. The number of nitrogens with one attached hydrogen (secondary N) is 1. The zero-order valence-electron chi connectivity index (χ0n) is 14.9. The third-order valence-corrected chi connectivity index (χ3v) is 4.32. The molecule has 1 atom stereocenters. The zero-order chi connectivity index (χ0) is 18.8. The van der Waals surface area contributed by atoms with Crippen molar-refractivity contribution in [2.24, 2.45) is 7.05 Å². The first-order valence-corrected chi connectivity index (χ1v) is 8.25. The number of hydrogen-bond donors (Lipinski definition) is 2. The Hall–Kier alpha value is -3.22. The van der Waals surface area contributed by atoms with E-state index in [0.717, 1.165) is 16.6 Å². The first-order chi connectivity index (χ1) is 12.4. The molecule has 0 saturated carbocycles. The van der Waals surface area contributed by atoms with Gasteiger partial charge < -0.3 is 10.4 Å². The predicted molar refractivity (Wildman–Crippen MR) is 97.0 cm³/mol. The molecule has 0 bridgehead atoms. The van der Waals surface area contributed by atoms with E-state index in [9.17, 15) is 14.7 Å². The Kier molecular flexibility index (Phi) is 4.71. The fourth-order valence-corrected chi connectivity index (χ4v) is 2.95. The molecule has 0 spiro atoms. The van der Waals surface area contributed by atoms with Crippen molar-refractivity contribution in [2.45, 2.75) is 26.3 Å². The molecule has 2 heterocycles. The lowest BCUT2D eigenvalue weighted by atomic mass is 10.0. The second-order valence-corrected chi connectivity index (χ2v) is 6.26. The molecule has 26 heavy (non-hydrogen) atoms. The van der Waals surface area contributed by atoms with Crippen LogP contribution in [0.4, 0.5) is 0 Å². The summed E-state index contributed by atoms with van der Waals surface area (Å²) in [6.45, 7) is 3.57. The Bertz CT molecular complexity index is 979. The highest BCUT2D eigenvalue weighted by Gasteiger charge is 2.23. The van der Waals surface area contributed by atoms with Crippen LogP contribution in [0.5, 0.6) is 0 Å². The number of carbonyl (C=O) groups is 2. The van der Waals surface area contributed by atoms with Gasteiger partial charge in [-0.2, -0.15) is 5.10 Å². The van der Waals surface area contributed by atoms with Crippen LogP contribution in [-0.2, 0) is 18.3 Å². The van der Waals surface area contributed by atoms with Gasteiger partial charge in [-0.25, -0.2) is 9.78 Å². The van der Waals surface area contributed by atoms with Crippen molar-refractivity contribution >= 4 is 22.9 Å². The summed E-state index contributed by atoms with van der Waals surface area (Å²) in [5, 5.41) is 17.2. The van der Waals surface area contributed by atoms with E-state index in [4.69, 9.17) is 0 Å². The number of benzene rings is 1. The highest BCUT2D eigenvalue weighted by atomic mass is 16.4. The minimum atomic E-state index is -1.08. The molecule has 134 valence electrons. The number of nitrogens with zero attached hydrogens (tertiary/aromatic N) is 3. The van der Waals surface area contributed by atoms with Crippen molar-refractivity contribution in [3.63, 3.8) is 0 Å². The van der Waals surface area contributed by atoms with Gasteiger partial charge in [0.25, 0.3) is 5.91 Å². The van der Waals surface area contributed by atoms with Crippen LogP contribution in [0.2, 0.25) is 0 Å². The van der Waals surface area contributed by atoms with Gasteiger partial charge in [-0.1, -0.05) is 30.3 Å². The summed E-state index contributed by atoms with van der Waals surface area (Å²) < 4.78 is 1.66. The number of aliphatic carboxylic acids is 1. The van der Waals surface area contributed by atoms with Gasteiger partial charge in [-0.15, -0.1) is 0 Å². The Morgan fingerprint density at radius 1 is 1.19 bits per heavy atom. The van der Waals surface area contributed by atoms with Crippen LogP contribution in [0.15, 0.2) is 36.4 Å². The molecule has 3 rings (SSSR count). The average Bonchev–Trinajstić information content (AvgIpc) is 2.87. The summed E-state index contributed by atoms with van der Waals surface area (Å²) in [7, 11) is 1.79. The van der Waals surface area contributed by atoms with Crippen molar-refractivity contribution in [1.29, 1.82) is 0 Å². The molecule has 2 N–H and O–H groups in total. The van der Waals surface area contributed by atoms with E-state index in [1.165, 1.54) is 0 Å². The number of fused-ring (bicyclic) bond motifs is 1. The van der Waals surface area contributed by atoms with Crippen LogP contribution in [0.25, 0.3) is 11.0 Å². The molecule has 1 aromatic carbocycles. The molecule has 7 nitrogen and oxygen atoms in total. The van der Waals surface area contributed by atoms with Crippen LogP contribution < -0.4 is 5.32 Å². The van der Waals surface area contributed by atoms with Crippen LogP contribution in [0.3, 0.4) is 0 Å². The minimum absolute atomic E-state index is 0.211. The SMILES string of the molecule is Cc1nc2c(cc1C(=O)N[C@H](Cc1ccccc1)C(=O)O)c(C)nn2C. The van der Waals surface area contributed by atoms with Crippen molar-refractivity contribution in [3.05, 3.63) is 58.9 Å². The lowest BCUT2D eigenvalue weighted by Crippen LogP contribution is -2.42. The number of hydrogen-bond acceptors (Lipinski definition) is 4. The molecule has 2 aromatic heterocycles. The monoisotopic (exact) mass is 352 g/mol. The summed E-state index contributed by atoms with van der Waals surface area (Å²) in [5.74, 6) is -1.53. The summed E-state index contributed by atoms with van der Waals surface area (Å²) >= 11 is 0. The Morgan fingerprint density at radius 2 is 1.88 bits per heavy atom. The van der Waals surface area contributed by atoms with E-state index in [-0.39, 0.29) is 6.42 Å². The van der Waals surface area contributed by atoms with Gasteiger partial charge in [-0.3, -0.25) is 9.48 Å². The molecular weight excluding hydrogens is 332 g/mol. The molecule has 7 heteroatoms. The fraction of sp³-hybridized carbons (Fsp3) is 0.263. The topological polar surface area (TPSA) is 97.1 Å². The second-order valence-electron chi connectivity index (χ2n) is 6.26. The molecule has 0 unspecified atom stereocenters. The van der Waals surface area contributed by atoms with Gasteiger partial charge in [0.05, 0.1) is 17.0 Å². The van der Waals surface area contributed by atoms with Crippen LogP contribution in [0, 0.1) is 13.8 Å². The largest absolute Gasteiger partial charge is 0.480 e. The van der Waals surface area contributed by atoms with Crippen molar-refractivity contribution in [2.75, 3.05) is 0 Å². The number of carbonyl (C=O) groups excluding carboxylic acids is 1. The molecular formula is C19H20N4O3. The zero-order valence-corrected chi connectivity index (χ0v) is 14.9. The van der Waals surface area contributed by atoms with E-state index in [1.54, 1.807) is 24.7 Å². The average molecular weight is 352 g/mol. The minimum Gasteiger partial charge on any atom is -0.480 e. The van der Waals surface area contributed by atoms with E-state index in [1.807, 2.05) is 37.3 Å². The summed E-state index contributed by atoms with van der Waals surface area (Å²) in [6, 6.07) is 9.90. The molecule has 3 aromatic rings. The smallest absolute Gasteiger partial charge is 0.326 e. The van der Waals surface area contributed by atoms with E-state index in [0.29, 0.717) is 16.9 Å². The Balaban J connectivity index is 1.88. The van der Waals surface area contributed by atoms with Crippen LogP contribution >= 0.6 is 0 Å². The first kappa shape index (κ1) is 17.6. The molecule has 0 fully saturated rings. The van der Waals surface area contributed by atoms with E-state index < -0.39 is 17.9 Å². The normalized spacial score (nSPS) is 12.1. The van der Waals surface area contributed by atoms with Crippen molar-refractivity contribution in [3.8, 4) is 0 Å². The van der Waals surface area contributed by atoms with Gasteiger partial charge in [0.2, 0.25) is 0 Å². The number of pyridine rings is 1. The maximum atomic E-state index is 12.7. The number of rotatable bonds is 5. The van der Waals surface area contributed by atoms with Gasteiger partial charge in [-0.05, 0) is 25.5 Å². The highest BCUT2D eigenvalue weighted by molar-refractivity contribution is 6.00. The highest BCUT2D eigenvalue weighted by Crippen LogP contribution is 2.19. The van der Waals surface area contributed by atoms with Gasteiger partial charge in [0.1, 0.15) is 6.04 Å². The van der Waals surface area contributed by atoms with Crippen molar-refractivity contribution in [1.82, 2.24) is 20.1 Å². The quantitative estimate of drug-likeness (QED) is 0.732. The van der Waals surface area contributed by atoms with E-state index in [2.05, 4.69) is 15.4 Å². The van der Waals surface area contributed by atoms with Gasteiger partial charge in [0.15, 0.2) is 5.65 Å². The maximum Gasteiger partial charge on any atom is 0.326 e. The summed E-state index contributed by atoms with van der Waals surface area (Å²) in [5.41, 5.74) is 3.18. The third kappa shape index (κ3) is 3.42. The van der Waals surface area contributed by atoms with Crippen LogP contribution in [-0.4, -0.2) is 37.8 Å². The molecule has 0 radical (unpaired) electrons. The van der Waals surface area contributed by atoms with E-state index >= 15 is 0 Å². The molecule has 1 amide bonds. The lowest BCUT2D eigenvalue weighted by molar-refractivity contribution is -0.139. The fourth-order valence-electron chi connectivity index (χ4n) is 2.95. The standard InChI is InChI=1S/C19H20N4O3/c1-11-15(10-14-12(2)22-23(3)17(14)20-11)18(24)21-16(19(25)26)9-13-7-5-4-6-8-13/h4-8,10,16H,9H2,1-3H3,(H,21,24)(H,25,26)/t16-/m1/s1. The lowest BCUT2D eigenvalue weighted by Gasteiger charge is -2.15. The van der Waals surface area contributed by atoms with Crippen molar-refractivity contribution < 1.29 is 14.7 Å². The Labute approximate surface area is 150 Å². The number of aryl methyl sites for hydroxylation is 3.